The maximum atomic E-state index is 12.7. The van der Waals surface area contributed by atoms with Gasteiger partial charge in [-0.15, -0.1) is 0 Å². The fraction of sp³-hybridized carbons (Fsp3) is 0.500. The van der Waals surface area contributed by atoms with Gasteiger partial charge in [0.1, 0.15) is 5.75 Å². The molecule has 1 aliphatic carbocycles. The summed E-state index contributed by atoms with van der Waals surface area (Å²) in [5.74, 6) is 0.991. The summed E-state index contributed by atoms with van der Waals surface area (Å²) in [6.07, 6.45) is 4.28. The number of thiocarbonyl (C=S) groups is 1. The summed E-state index contributed by atoms with van der Waals surface area (Å²) in [5.41, 5.74) is 0.810. The largest absolute Gasteiger partial charge is 0.494 e. The van der Waals surface area contributed by atoms with Crippen molar-refractivity contribution in [3.05, 3.63) is 24.3 Å². The lowest BCUT2D eigenvalue weighted by molar-refractivity contribution is -0.123. The normalized spacial score (nSPS) is 25.3. The van der Waals surface area contributed by atoms with E-state index in [-0.39, 0.29) is 17.9 Å². The molecule has 112 valence electrons. The van der Waals surface area contributed by atoms with Crippen molar-refractivity contribution in [3.8, 4) is 5.75 Å². The maximum absolute atomic E-state index is 12.7. The molecule has 1 saturated carbocycles. The molecule has 1 saturated heterocycles. The second-order valence-electron chi connectivity index (χ2n) is 5.55. The molecule has 1 N–H and O–H groups in total. The van der Waals surface area contributed by atoms with Crippen LogP contribution in [-0.4, -0.2) is 23.7 Å². The Morgan fingerprint density at radius 3 is 2.71 bits per heavy atom. The van der Waals surface area contributed by atoms with Gasteiger partial charge in [-0.2, -0.15) is 0 Å². The van der Waals surface area contributed by atoms with Gasteiger partial charge in [-0.05, 0) is 56.2 Å². The standard InChI is InChI=1S/C16H20N2O2S/c1-2-20-12-9-7-11(8-10-12)18-15(19)13-5-3-4-6-14(13)17-16(18)21/h7-10,13-14H,2-6H2,1H3,(H,17,21). The predicted molar refractivity (Wildman–Crippen MR) is 86.6 cm³/mol. The SMILES string of the molecule is CCOc1ccc(N2C(=O)C3CCCCC3NC2=S)cc1. The average Bonchev–Trinajstić information content (AvgIpc) is 2.49. The number of benzene rings is 1. The van der Waals surface area contributed by atoms with E-state index in [1.807, 2.05) is 31.2 Å². The highest BCUT2D eigenvalue weighted by atomic mass is 32.1. The highest BCUT2D eigenvalue weighted by molar-refractivity contribution is 7.80. The lowest BCUT2D eigenvalue weighted by Gasteiger charge is -2.41. The molecule has 0 spiro atoms. The van der Waals surface area contributed by atoms with Crippen molar-refractivity contribution < 1.29 is 9.53 Å². The van der Waals surface area contributed by atoms with Crippen LogP contribution in [0, 0.1) is 5.92 Å². The highest BCUT2D eigenvalue weighted by Crippen LogP contribution is 2.32. The monoisotopic (exact) mass is 304 g/mol. The van der Waals surface area contributed by atoms with Crippen LogP contribution in [0.25, 0.3) is 0 Å². The minimum absolute atomic E-state index is 0.0528. The van der Waals surface area contributed by atoms with Crippen molar-refractivity contribution in [1.82, 2.24) is 5.32 Å². The summed E-state index contributed by atoms with van der Waals surface area (Å²) >= 11 is 5.40. The van der Waals surface area contributed by atoms with E-state index in [4.69, 9.17) is 17.0 Å². The highest BCUT2D eigenvalue weighted by Gasteiger charge is 2.40. The maximum Gasteiger partial charge on any atom is 0.238 e. The molecule has 1 heterocycles. The Kier molecular flexibility index (Phi) is 4.10. The number of hydrogen-bond acceptors (Lipinski definition) is 3. The number of nitrogens with zero attached hydrogens (tertiary/aromatic N) is 1. The molecule has 4 nitrogen and oxygen atoms in total. The number of nitrogens with one attached hydrogen (secondary N) is 1. The number of rotatable bonds is 3. The first-order chi connectivity index (χ1) is 10.2. The summed E-state index contributed by atoms with van der Waals surface area (Å²) in [4.78, 5) is 14.4. The van der Waals surface area contributed by atoms with Gasteiger partial charge in [-0.1, -0.05) is 12.8 Å². The summed E-state index contributed by atoms with van der Waals surface area (Å²) in [6, 6.07) is 7.75. The Hall–Kier alpha value is -1.62. The molecule has 3 rings (SSSR count). The zero-order chi connectivity index (χ0) is 14.8. The molecule has 1 amide bonds. The van der Waals surface area contributed by atoms with Crippen LogP contribution in [0.2, 0.25) is 0 Å². The fourth-order valence-electron chi connectivity index (χ4n) is 3.19. The molecule has 5 heteroatoms. The number of carbonyl (C=O) groups excluding carboxylic acids is 1. The van der Waals surface area contributed by atoms with Crippen molar-refractivity contribution >= 4 is 28.9 Å². The van der Waals surface area contributed by atoms with Crippen LogP contribution in [0.3, 0.4) is 0 Å². The van der Waals surface area contributed by atoms with E-state index in [2.05, 4.69) is 5.32 Å². The molecule has 2 aliphatic rings. The van der Waals surface area contributed by atoms with E-state index in [1.165, 1.54) is 6.42 Å². The molecular weight excluding hydrogens is 284 g/mol. The van der Waals surface area contributed by atoms with Crippen molar-refractivity contribution in [2.45, 2.75) is 38.6 Å². The first-order valence-electron chi connectivity index (χ1n) is 7.58. The number of fused-ring (bicyclic) bond motifs is 1. The van der Waals surface area contributed by atoms with Crippen molar-refractivity contribution in [2.24, 2.45) is 5.92 Å². The summed E-state index contributed by atoms with van der Waals surface area (Å²) < 4.78 is 5.44. The van der Waals surface area contributed by atoms with Gasteiger partial charge in [0.05, 0.1) is 18.2 Å². The van der Waals surface area contributed by atoms with Gasteiger partial charge in [-0.3, -0.25) is 9.69 Å². The van der Waals surface area contributed by atoms with Gasteiger partial charge >= 0.3 is 0 Å². The minimum Gasteiger partial charge on any atom is -0.494 e. The lowest BCUT2D eigenvalue weighted by Crippen LogP contribution is -2.60. The second kappa shape index (κ2) is 6.02. The number of ether oxygens (including phenoxy) is 1. The van der Waals surface area contributed by atoms with E-state index in [0.29, 0.717) is 11.7 Å². The molecule has 2 fully saturated rings. The van der Waals surface area contributed by atoms with Crippen LogP contribution in [-0.2, 0) is 4.79 Å². The van der Waals surface area contributed by atoms with Gasteiger partial charge in [-0.25, -0.2) is 0 Å². The molecule has 0 bridgehead atoms. The van der Waals surface area contributed by atoms with Crippen LogP contribution in [0.15, 0.2) is 24.3 Å². The summed E-state index contributed by atoms with van der Waals surface area (Å²) in [6.45, 7) is 2.58. The van der Waals surface area contributed by atoms with Crippen molar-refractivity contribution in [3.63, 3.8) is 0 Å². The fourth-order valence-corrected chi connectivity index (χ4v) is 3.54. The third-order valence-corrected chi connectivity index (χ3v) is 4.52. The number of carbonyl (C=O) groups is 1. The molecule has 2 atom stereocenters. The van der Waals surface area contributed by atoms with E-state index >= 15 is 0 Å². The molecule has 1 aromatic rings. The van der Waals surface area contributed by atoms with E-state index < -0.39 is 0 Å². The third kappa shape index (κ3) is 2.75. The molecule has 21 heavy (non-hydrogen) atoms. The quantitative estimate of drug-likeness (QED) is 0.872. The Labute approximate surface area is 130 Å². The van der Waals surface area contributed by atoms with Gasteiger partial charge < -0.3 is 10.1 Å². The Morgan fingerprint density at radius 2 is 2.00 bits per heavy atom. The van der Waals surface area contributed by atoms with Crippen molar-refractivity contribution in [1.29, 1.82) is 0 Å². The molecule has 0 aromatic heterocycles. The minimum atomic E-state index is 0.0528. The second-order valence-corrected chi connectivity index (χ2v) is 5.93. The average molecular weight is 304 g/mol. The number of amides is 1. The van der Waals surface area contributed by atoms with Gasteiger partial charge in [0.2, 0.25) is 5.91 Å². The summed E-state index contributed by atoms with van der Waals surface area (Å²) in [5, 5.41) is 3.86. The van der Waals surface area contributed by atoms with Crippen LogP contribution >= 0.6 is 12.2 Å². The first kappa shape index (κ1) is 14.3. The molecule has 0 radical (unpaired) electrons. The van der Waals surface area contributed by atoms with Gasteiger partial charge in [0.15, 0.2) is 5.11 Å². The zero-order valence-electron chi connectivity index (χ0n) is 12.2. The van der Waals surface area contributed by atoms with Gasteiger partial charge in [0.25, 0.3) is 0 Å². The van der Waals surface area contributed by atoms with E-state index in [9.17, 15) is 4.79 Å². The van der Waals surface area contributed by atoms with Crippen LogP contribution < -0.4 is 15.0 Å². The molecule has 1 aromatic carbocycles. The Morgan fingerprint density at radius 1 is 1.29 bits per heavy atom. The third-order valence-electron chi connectivity index (χ3n) is 4.22. The van der Waals surface area contributed by atoms with Gasteiger partial charge in [0, 0.05) is 6.04 Å². The Balaban J connectivity index is 1.83. The first-order valence-corrected chi connectivity index (χ1v) is 7.99. The van der Waals surface area contributed by atoms with Crippen LogP contribution in [0.1, 0.15) is 32.6 Å². The van der Waals surface area contributed by atoms with E-state index in [0.717, 1.165) is 30.7 Å². The van der Waals surface area contributed by atoms with E-state index in [1.54, 1.807) is 4.90 Å². The smallest absolute Gasteiger partial charge is 0.238 e. The molecular formula is C16H20N2O2S. The predicted octanol–water partition coefficient (Wildman–Crippen LogP) is 2.87. The van der Waals surface area contributed by atoms with Crippen LogP contribution in [0.4, 0.5) is 5.69 Å². The Bertz CT molecular complexity index is 544. The molecule has 2 unspecified atom stereocenters. The topological polar surface area (TPSA) is 41.6 Å². The summed E-state index contributed by atoms with van der Waals surface area (Å²) in [7, 11) is 0. The van der Waals surface area contributed by atoms with Crippen LogP contribution in [0.5, 0.6) is 5.75 Å². The number of anilines is 1. The van der Waals surface area contributed by atoms with Crippen molar-refractivity contribution in [2.75, 3.05) is 11.5 Å². The lowest BCUT2D eigenvalue weighted by atomic mass is 9.82. The zero-order valence-corrected chi connectivity index (χ0v) is 13.0. The number of hydrogen-bond donors (Lipinski definition) is 1. The molecule has 1 aliphatic heterocycles.